The molecule has 0 aromatic rings. The van der Waals surface area contributed by atoms with E-state index in [2.05, 4.69) is 20.3 Å². The second-order valence-corrected chi connectivity index (χ2v) is 10.9. The van der Waals surface area contributed by atoms with Crippen molar-refractivity contribution in [2.24, 2.45) is 10.9 Å². The van der Waals surface area contributed by atoms with E-state index in [1.165, 1.54) is 38.5 Å². The minimum atomic E-state index is -3.25. The predicted molar refractivity (Wildman–Crippen MR) is 137 cm³/mol. The highest BCUT2D eigenvalue weighted by molar-refractivity contribution is 14.0. The standard InChI is InChI=1S/C21H41N5O3S.HI/c1-2-22-20(23-11-16-30(27,28)25-17-19-7-6-8-19)24-18-21(9-4-3-5-10-21)26-12-14-29-15-13-26;/h19,25H,2-18H2,1H3,(H2,22,23,24);1H. The molecule has 8 nitrogen and oxygen atoms in total. The van der Waals surface area contributed by atoms with Gasteiger partial charge in [0.15, 0.2) is 5.96 Å². The van der Waals surface area contributed by atoms with E-state index in [4.69, 9.17) is 9.73 Å². The lowest BCUT2D eigenvalue weighted by atomic mass is 9.80. The van der Waals surface area contributed by atoms with Crippen molar-refractivity contribution >= 4 is 40.0 Å². The molecule has 2 aliphatic carbocycles. The number of nitrogens with one attached hydrogen (secondary N) is 3. The molecule has 0 spiro atoms. The Labute approximate surface area is 205 Å². The largest absolute Gasteiger partial charge is 0.379 e. The molecule has 182 valence electrons. The summed E-state index contributed by atoms with van der Waals surface area (Å²) < 4.78 is 32.8. The second-order valence-electron chi connectivity index (χ2n) is 8.97. The number of hydrogen-bond acceptors (Lipinski definition) is 5. The number of morpholine rings is 1. The fraction of sp³-hybridized carbons (Fsp3) is 0.952. The second kappa shape index (κ2) is 13.5. The number of sulfonamides is 1. The zero-order valence-electron chi connectivity index (χ0n) is 19.0. The lowest BCUT2D eigenvalue weighted by molar-refractivity contribution is -0.0333. The fourth-order valence-electron chi connectivity index (χ4n) is 4.71. The number of ether oxygens (including phenoxy) is 1. The topological polar surface area (TPSA) is 95.1 Å². The van der Waals surface area contributed by atoms with Crippen molar-refractivity contribution < 1.29 is 13.2 Å². The number of guanidine groups is 1. The van der Waals surface area contributed by atoms with E-state index in [0.29, 0.717) is 25.0 Å². The van der Waals surface area contributed by atoms with Crippen molar-refractivity contribution in [2.75, 3.05) is 58.2 Å². The van der Waals surface area contributed by atoms with E-state index in [9.17, 15) is 8.42 Å². The molecule has 0 unspecified atom stereocenters. The van der Waals surface area contributed by atoms with Crippen LogP contribution in [0.25, 0.3) is 0 Å². The van der Waals surface area contributed by atoms with E-state index in [1.54, 1.807) is 0 Å². The van der Waals surface area contributed by atoms with E-state index in [0.717, 1.165) is 52.2 Å². The quantitative estimate of drug-likeness (QED) is 0.211. The van der Waals surface area contributed by atoms with E-state index < -0.39 is 10.0 Å². The molecule has 0 atom stereocenters. The van der Waals surface area contributed by atoms with Gasteiger partial charge in [0.1, 0.15) is 0 Å². The van der Waals surface area contributed by atoms with Gasteiger partial charge in [-0.05, 0) is 38.5 Å². The Balaban J connectivity index is 0.00000341. The summed E-state index contributed by atoms with van der Waals surface area (Å²) in [6.45, 7) is 8.03. The first-order valence-corrected chi connectivity index (χ1v) is 13.5. The predicted octanol–water partition coefficient (Wildman–Crippen LogP) is 1.91. The van der Waals surface area contributed by atoms with Gasteiger partial charge in [-0.15, -0.1) is 24.0 Å². The molecule has 3 aliphatic rings. The molecule has 0 amide bonds. The Hall–Kier alpha value is -0.170. The molecule has 3 rings (SSSR count). The summed E-state index contributed by atoms with van der Waals surface area (Å²) in [6.07, 6.45) is 9.67. The van der Waals surface area contributed by atoms with Gasteiger partial charge in [-0.1, -0.05) is 25.7 Å². The van der Waals surface area contributed by atoms with Gasteiger partial charge < -0.3 is 15.4 Å². The molecule has 1 saturated heterocycles. The summed E-state index contributed by atoms with van der Waals surface area (Å²) in [5.74, 6) is 1.31. The summed E-state index contributed by atoms with van der Waals surface area (Å²) in [6, 6.07) is 0. The molecule has 1 heterocycles. The van der Waals surface area contributed by atoms with Crippen molar-refractivity contribution in [2.45, 2.75) is 63.8 Å². The summed E-state index contributed by atoms with van der Waals surface area (Å²) in [5.41, 5.74) is 0.112. The Bertz CT molecular complexity index is 645. The highest BCUT2D eigenvalue weighted by Crippen LogP contribution is 2.34. The van der Waals surface area contributed by atoms with Gasteiger partial charge in [0, 0.05) is 38.3 Å². The monoisotopic (exact) mass is 571 g/mol. The maximum atomic E-state index is 12.2. The van der Waals surface area contributed by atoms with Gasteiger partial charge in [-0.2, -0.15) is 0 Å². The molecule has 10 heteroatoms. The van der Waals surface area contributed by atoms with Crippen LogP contribution in [0.15, 0.2) is 4.99 Å². The minimum absolute atomic E-state index is 0. The molecule has 3 fully saturated rings. The number of hydrogen-bond donors (Lipinski definition) is 3. The Morgan fingerprint density at radius 3 is 2.42 bits per heavy atom. The summed E-state index contributed by atoms with van der Waals surface area (Å²) in [5, 5.41) is 6.51. The molecular formula is C21H42IN5O3S. The van der Waals surface area contributed by atoms with Gasteiger partial charge in [-0.3, -0.25) is 9.89 Å². The summed E-state index contributed by atoms with van der Waals surface area (Å²) >= 11 is 0. The average molecular weight is 572 g/mol. The number of rotatable bonds is 10. The lowest BCUT2D eigenvalue weighted by Gasteiger charge is -2.47. The minimum Gasteiger partial charge on any atom is -0.379 e. The van der Waals surface area contributed by atoms with Gasteiger partial charge >= 0.3 is 0 Å². The van der Waals surface area contributed by atoms with Crippen molar-refractivity contribution in [3.05, 3.63) is 0 Å². The third-order valence-electron chi connectivity index (χ3n) is 6.82. The van der Waals surface area contributed by atoms with E-state index >= 15 is 0 Å². The van der Waals surface area contributed by atoms with Crippen molar-refractivity contribution in [3.8, 4) is 0 Å². The average Bonchev–Trinajstić information content (AvgIpc) is 2.72. The van der Waals surface area contributed by atoms with Crippen molar-refractivity contribution in [1.82, 2.24) is 20.3 Å². The van der Waals surface area contributed by atoms with E-state index in [-0.39, 0.29) is 35.3 Å². The highest BCUT2D eigenvalue weighted by Gasteiger charge is 2.38. The molecule has 0 aromatic carbocycles. The maximum Gasteiger partial charge on any atom is 0.213 e. The first-order chi connectivity index (χ1) is 14.5. The molecule has 0 aromatic heterocycles. The molecule has 3 N–H and O–H groups in total. The van der Waals surface area contributed by atoms with Gasteiger partial charge in [0.25, 0.3) is 0 Å². The fourth-order valence-corrected chi connectivity index (χ4v) is 5.71. The van der Waals surface area contributed by atoms with Crippen LogP contribution in [-0.4, -0.2) is 83.1 Å². The number of halogens is 1. The van der Waals surface area contributed by atoms with Gasteiger partial charge in [0.05, 0.1) is 25.5 Å². The zero-order valence-corrected chi connectivity index (χ0v) is 22.2. The van der Waals surface area contributed by atoms with Crippen LogP contribution in [0, 0.1) is 5.92 Å². The molecule has 0 bridgehead atoms. The van der Waals surface area contributed by atoms with Gasteiger partial charge in [-0.25, -0.2) is 13.1 Å². The van der Waals surface area contributed by atoms with Crippen LogP contribution >= 0.6 is 24.0 Å². The van der Waals surface area contributed by atoms with Crippen LogP contribution in [0.2, 0.25) is 0 Å². The Morgan fingerprint density at radius 2 is 1.81 bits per heavy atom. The number of aliphatic imine (C=N–C) groups is 1. The molecule has 2 saturated carbocycles. The highest BCUT2D eigenvalue weighted by atomic mass is 127. The van der Waals surface area contributed by atoms with Crippen LogP contribution < -0.4 is 15.4 Å². The van der Waals surface area contributed by atoms with Crippen molar-refractivity contribution in [1.29, 1.82) is 0 Å². The van der Waals surface area contributed by atoms with Crippen molar-refractivity contribution in [3.63, 3.8) is 0 Å². The SMILES string of the molecule is CCNC(=NCC1(N2CCOCC2)CCCCC1)NCCS(=O)(=O)NCC1CCC1.I. The Morgan fingerprint density at radius 1 is 1.10 bits per heavy atom. The normalized spacial score (nSPS) is 22.9. The van der Waals surface area contributed by atoms with E-state index in [1.807, 2.05) is 6.92 Å². The zero-order chi connectivity index (χ0) is 21.3. The molecular weight excluding hydrogens is 529 g/mol. The first kappa shape index (κ1) is 27.1. The Kier molecular flexibility index (Phi) is 11.8. The van der Waals surface area contributed by atoms with Crippen LogP contribution in [0.3, 0.4) is 0 Å². The molecule has 1 aliphatic heterocycles. The third-order valence-corrected chi connectivity index (χ3v) is 8.17. The maximum absolute atomic E-state index is 12.2. The first-order valence-electron chi connectivity index (χ1n) is 11.9. The summed E-state index contributed by atoms with van der Waals surface area (Å²) in [7, 11) is -3.25. The molecule has 0 radical (unpaired) electrons. The van der Waals surface area contributed by atoms with Crippen LogP contribution in [0.1, 0.15) is 58.3 Å². The van der Waals surface area contributed by atoms with Gasteiger partial charge in [0.2, 0.25) is 10.0 Å². The smallest absolute Gasteiger partial charge is 0.213 e. The third kappa shape index (κ3) is 8.60. The number of nitrogens with zero attached hydrogens (tertiary/aromatic N) is 2. The van der Waals surface area contributed by atoms with Crippen LogP contribution in [0.5, 0.6) is 0 Å². The van der Waals surface area contributed by atoms with Crippen LogP contribution in [0.4, 0.5) is 0 Å². The summed E-state index contributed by atoms with van der Waals surface area (Å²) in [4.78, 5) is 7.48. The van der Waals surface area contributed by atoms with Crippen LogP contribution in [-0.2, 0) is 14.8 Å². The lowest BCUT2D eigenvalue weighted by Crippen LogP contribution is -2.56. The molecule has 31 heavy (non-hydrogen) atoms.